The lowest BCUT2D eigenvalue weighted by molar-refractivity contribution is -0.148. The topological polar surface area (TPSA) is 248 Å². The Morgan fingerprint density at radius 1 is 0.800 bits per heavy atom. The quantitative estimate of drug-likeness (QED) is 0.0519. The number of carboxylic acid groups (broad SMARTS) is 1. The summed E-state index contributed by atoms with van der Waals surface area (Å²) < 4.78 is 5.24. The van der Waals surface area contributed by atoms with Crippen LogP contribution in [-0.2, 0) is 49.7 Å². The largest absolute Gasteiger partial charge is 0.481 e. The first-order valence-electron chi connectivity index (χ1n) is 18.7. The fourth-order valence-corrected chi connectivity index (χ4v) is 5.82. The highest BCUT2D eigenvalue weighted by atomic mass is 16.5. The van der Waals surface area contributed by atoms with Crippen LogP contribution < -0.4 is 21.7 Å². The number of amides is 6. The highest BCUT2D eigenvalue weighted by molar-refractivity contribution is 6.12. The van der Waals surface area contributed by atoms with Gasteiger partial charge in [0, 0.05) is 68.4 Å². The van der Waals surface area contributed by atoms with Gasteiger partial charge < -0.3 is 31.5 Å². The first kappa shape index (κ1) is 45.7. The third kappa shape index (κ3) is 17.1. The normalized spacial score (nSPS) is 14.0. The summed E-state index contributed by atoms with van der Waals surface area (Å²) >= 11 is 0. The van der Waals surface area contributed by atoms with Crippen LogP contribution in [-0.4, -0.2) is 82.3 Å². The van der Waals surface area contributed by atoms with E-state index in [-0.39, 0.29) is 87.7 Å². The van der Waals surface area contributed by atoms with Crippen molar-refractivity contribution in [3.8, 4) is 0 Å². The van der Waals surface area contributed by atoms with Gasteiger partial charge in [-0.15, -0.1) is 0 Å². The summed E-state index contributed by atoms with van der Waals surface area (Å²) in [6, 6.07) is 4.87. The molecule has 1 aliphatic heterocycles. The fraction of sp³-hybridized carbons (Fsp3) is 0.564. The second-order valence-electron chi connectivity index (χ2n) is 14.3. The number of nitrogens with zero attached hydrogens (tertiary/aromatic N) is 1. The molecule has 6 N–H and O–H groups in total. The number of rotatable bonds is 26. The van der Waals surface area contributed by atoms with E-state index in [1.807, 2.05) is 0 Å². The molecule has 16 nitrogen and oxygen atoms in total. The molecule has 55 heavy (non-hydrogen) atoms. The Morgan fingerprint density at radius 2 is 1.44 bits per heavy atom. The number of nitrogens with one attached hydrogen (secondary N) is 3. The molecule has 1 aliphatic rings. The zero-order valence-corrected chi connectivity index (χ0v) is 32.1. The van der Waals surface area contributed by atoms with Gasteiger partial charge in [-0.1, -0.05) is 46.2 Å². The van der Waals surface area contributed by atoms with Crippen LogP contribution in [0.3, 0.4) is 0 Å². The van der Waals surface area contributed by atoms with Crippen molar-refractivity contribution >= 4 is 58.9 Å². The fourth-order valence-electron chi connectivity index (χ4n) is 5.82. The summed E-state index contributed by atoms with van der Waals surface area (Å²) in [6.45, 7) is 7.33. The maximum atomic E-state index is 13.8. The summed E-state index contributed by atoms with van der Waals surface area (Å²) in [5, 5.41) is 17.3. The lowest BCUT2D eigenvalue weighted by Crippen LogP contribution is -2.48. The first-order chi connectivity index (χ1) is 26.0. The van der Waals surface area contributed by atoms with Gasteiger partial charge >= 0.3 is 18.0 Å². The molecule has 6 amide bonds. The van der Waals surface area contributed by atoms with Gasteiger partial charge in [0.25, 0.3) is 11.8 Å². The van der Waals surface area contributed by atoms with E-state index in [9.17, 15) is 48.3 Å². The Morgan fingerprint density at radius 3 is 2.02 bits per heavy atom. The maximum Gasteiger partial charge on any atom is 0.312 e. The van der Waals surface area contributed by atoms with Gasteiger partial charge in [0.05, 0.1) is 12.0 Å². The molecule has 1 aromatic rings. The van der Waals surface area contributed by atoms with Crippen LogP contribution in [0.25, 0.3) is 0 Å². The van der Waals surface area contributed by atoms with Crippen molar-refractivity contribution in [2.24, 2.45) is 29.4 Å². The molecule has 3 atom stereocenters. The summed E-state index contributed by atoms with van der Waals surface area (Å²) in [5.74, 6) is -6.65. The molecule has 0 radical (unpaired) electrons. The molecule has 0 aliphatic carbocycles. The smallest absolute Gasteiger partial charge is 0.312 e. The van der Waals surface area contributed by atoms with Crippen LogP contribution in [0.4, 0.5) is 10.5 Å². The Hall–Kier alpha value is -5.41. The number of Topliss-reactive ketones (excluding diaryl/α,β-unsaturated/α-hetero) is 2. The zero-order valence-electron chi connectivity index (χ0n) is 32.1. The molecular weight excluding hydrogens is 714 g/mol. The number of anilines is 1. The molecule has 302 valence electrons. The molecule has 0 unspecified atom stereocenters. The van der Waals surface area contributed by atoms with E-state index in [0.717, 1.165) is 4.90 Å². The van der Waals surface area contributed by atoms with E-state index in [4.69, 9.17) is 10.5 Å². The SMILES string of the molecule is CC(C)C(=O)OCc1ccc(NC(=O)[C@H](CCCNC(N)=O)CC(=O)[C@@H](NC(=O)[C@H](CCC(=O)O)CC(=O)CCCCCN2C(=O)C=CC2=O)C(C)C)cc1. The van der Waals surface area contributed by atoms with E-state index < -0.39 is 53.4 Å². The van der Waals surface area contributed by atoms with Crippen molar-refractivity contribution in [2.45, 2.75) is 105 Å². The molecule has 0 saturated carbocycles. The number of nitrogens with two attached hydrogens (primary N) is 1. The summed E-state index contributed by atoms with van der Waals surface area (Å²) in [6.07, 6.45) is 3.51. The average Bonchev–Trinajstić information content (AvgIpc) is 3.44. The van der Waals surface area contributed by atoms with Crippen molar-refractivity contribution in [3.63, 3.8) is 0 Å². The molecule has 0 fully saturated rings. The standard InChI is InChI=1S/C39H55N5O11/c1-24(2)35(43-37(52)28(13-18-34(49)50)21-30(45)10-6-5-7-20-44-32(47)16-17-33(44)48)31(46)22-27(9-8-19-41-39(40)54)36(51)42-29-14-11-26(12-15-29)23-55-38(53)25(3)4/h11-12,14-17,24-25,27-28,35H,5-10,13,18-23H2,1-4H3,(H,42,51)(H,43,52)(H,49,50)(H3,40,41,54)/t27-,28-,35+/m1/s1. The number of benzene rings is 1. The molecule has 1 aromatic carbocycles. The van der Waals surface area contributed by atoms with Crippen LogP contribution in [0.2, 0.25) is 0 Å². The number of unbranched alkanes of at least 4 members (excludes halogenated alkanes) is 2. The van der Waals surface area contributed by atoms with E-state index in [0.29, 0.717) is 36.9 Å². The highest BCUT2D eigenvalue weighted by Crippen LogP contribution is 2.21. The van der Waals surface area contributed by atoms with Crippen molar-refractivity contribution < 1.29 is 53.0 Å². The minimum absolute atomic E-state index is 0.0637. The van der Waals surface area contributed by atoms with Crippen molar-refractivity contribution in [1.82, 2.24) is 15.5 Å². The van der Waals surface area contributed by atoms with Gasteiger partial charge in [0.2, 0.25) is 11.8 Å². The van der Waals surface area contributed by atoms with Gasteiger partial charge in [-0.2, -0.15) is 0 Å². The Balaban J connectivity index is 2.07. The number of ketones is 2. The monoisotopic (exact) mass is 769 g/mol. The van der Waals surface area contributed by atoms with Gasteiger partial charge in [0.15, 0.2) is 5.78 Å². The molecular formula is C39H55N5O11. The number of hydrogen-bond acceptors (Lipinski definition) is 10. The summed E-state index contributed by atoms with van der Waals surface area (Å²) in [5.41, 5.74) is 6.31. The Bertz CT molecular complexity index is 1550. The van der Waals surface area contributed by atoms with Crippen molar-refractivity contribution in [2.75, 3.05) is 18.4 Å². The number of imide groups is 1. The number of urea groups is 1. The minimum Gasteiger partial charge on any atom is -0.481 e. The second-order valence-corrected chi connectivity index (χ2v) is 14.3. The first-order valence-corrected chi connectivity index (χ1v) is 18.7. The van der Waals surface area contributed by atoms with E-state index >= 15 is 0 Å². The van der Waals surface area contributed by atoms with E-state index in [1.54, 1.807) is 52.0 Å². The number of ether oxygens (including phenoxy) is 1. The molecule has 0 bridgehead atoms. The predicted octanol–water partition coefficient (Wildman–Crippen LogP) is 3.41. The lowest BCUT2D eigenvalue weighted by atomic mass is 9.88. The van der Waals surface area contributed by atoms with Gasteiger partial charge in [-0.3, -0.25) is 43.3 Å². The zero-order chi connectivity index (χ0) is 41.1. The number of aliphatic carboxylic acids is 1. The highest BCUT2D eigenvalue weighted by Gasteiger charge is 2.32. The molecule has 0 saturated heterocycles. The van der Waals surface area contributed by atoms with Crippen molar-refractivity contribution in [1.29, 1.82) is 0 Å². The third-order valence-electron chi connectivity index (χ3n) is 9.02. The van der Waals surface area contributed by atoms with Crippen LogP contribution in [0.15, 0.2) is 36.4 Å². The molecule has 16 heteroatoms. The summed E-state index contributed by atoms with van der Waals surface area (Å²) in [4.78, 5) is 113. The average molecular weight is 770 g/mol. The molecule has 1 heterocycles. The Kier molecular flexibility index (Phi) is 19.5. The van der Waals surface area contributed by atoms with Crippen LogP contribution in [0.1, 0.15) is 97.5 Å². The van der Waals surface area contributed by atoms with E-state index in [2.05, 4.69) is 16.0 Å². The molecule has 0 spiro atoms. The number of esters is 1. The van der Waals surface area contributed by atoms with Gasteiger partial charge in [-0.25, -0.2) is 4.79 Å². The lowest BCUT2D eigenvalue weighted by Gasteiger charge is -2.26. The van der Waals surface area contributed by atoms with Crippen molar-refractivity contribution in [3.05, 3.63) is 42.0 Å². The van der Waals surface area contributed by atoms with Crippen LogP contribution in [0.5, 0.6) is 0 Å². The second kappa shape index (κ2) is 23.4. The van der Waals surface area contributed by atoms with Crippen LogP contribution >= 0.6 is 0 Å². The number of primary amides is 1. The number of carbonyl (C=O) groups excluding carboxylic acids is 8. The van der Waals surface area contributed by atoms with Crippen LogP contribution in [0, 0.1) is 23.7 Å². The third-order valence-corrected chi connectivity index (χ3v) is 9.02. The molecule has 0 aromatic heterocycles. The Labute approximate surface area is 321 Å². The molecule has 2 rings (SSSR count). The van der Waals surface area contributed by atoms with Gasteiger partial charge in [-0.05, 0) is 55.7 Å². The number of hydrogen-bond donors (Lipinski definition) is 5. The number of carbonyl (C=O) groups is 9. The number of carboxylic acids is 1. The van der Waals surface area contributed by atoms with Gasteiger partial charge in [0.1, 0.15) is 12.4 Å². The minimum atomic E-state index is -1.15. The van der Waals surface area contributed by atoms with E-state index in [1.165, 1.54) is 12.2 Å². The maximum absolute atomic E-state index is 13.8. The predicted molar refractivity (Wildman–Crippen MR) is 201 cm³/mol. The summed E-state index contributed by atoms with van der Waals surface area (Å²) in [7, 11) is 0.